The van der Waals surface area contributed by atoms with Gasteiger partial charge in [0.1, 0.15) is 18.2 Å². The number of aromatic amines is 1. The predicted octanol–water partition coefficient (Wildman–Crippen LogP) is 2.81. The maximum Gasteiger partial charge on any atom is 0.308 e. The van der Waals surface area contributed by atoms with Crippen LogP contribution < -0.4 is 9.64 Å². The topological polar surface area (TPSA) is 84.5 Å². The Kier molecular flexibility index (Phi) is 4.50. The summed E-state index contributed by atoms with van der Waals surface area (Å²) in [6, 6.07) is 14.9. The molecule has 0 spiro atoms. The van der Waals surface area contributed by atoms with E-state index in [0.717, 1.165) is 11.0 Å². The summed E-state index contributed by atoms with van der Waals surface area (Å²) in [6.45, 7) is 2.01. The standard InChI is InChI=1S/C20H19N3O4/c1-13-20(25)23(16-8-4-5-9-17(16)27-13)11-10-19(24)26-12-18-21-14-6-2-3-7-15(14)22-18/h2-9,13H,10-12H2,1H3,(H,21,22). The molecular formula is C20H19N3O4. The number of rotatable bonds is 5. The molecule has 138 valence electrons. The molecule has 1 aliphatic heterocycles. The quantitative estimate of drug-likeness (QED) is 0.703. The summed E-state index contributed by atoms with van der Waals surface area (Å²) in [6.07, 6.45) is -0.487. The molecule has 1 atom stereocenters. The van der Waals surface area contributed by atoms with Gasteiger partial charge in [0, 0.05) is 6.54 Å². The van der Waals surface area contributed by atoms with E-state index in [9.17, 15) is 9.59 Å². The van der Waals surface area contributed by atoms with Crippen molar-refractivity contribution in [3.05, 3.63) is 54.4 Å². The average Bonchev–Trinajstić information content (AvgIpc) is 3.10. The molecule has 2 heterocycles. The summed E-state index contributed by atoms with van der Waals surface area (Å²) in [5.41, 5.74) is 2.40. The number of hydrogen-bond acceptors (Lipinski definition) is 5. The molecule has 1 aromatic heterocycles. The van der Waals surface area contributed by atoms with Gasteiger partial charge in [-0.15, -0.1) is 0 Å². The third kappa shape index (κ3) is 3.48. The minimum atomic E-state index is -0.577. The number of imidazole rings is 1. The van der Waals surface area contributed by atoms with Crippen LogP contribution in [0.25, 0.3) is 11.0 Å². The van der Waals surface area contributed by atoms with Gasteiger partial charge in [0.25, 0.3) is 5.91 Å². The van der Waals surface area contributed by atoms with E-state index < -0.39 is 6.10 Å². The highest BCUT2D eigenvalue weighted by atomic mass is 16.5. The summed E-state index contributed by atoms with van der Waals surface area (Å²) >= 11 is 0. The number of hydrogen-bond donors (Lipinski definition) is 1. The molecule has 0 bridgehead atoms. The number of carbonyl (C=O) groups is 2. The first-order valence-corrected chi connectivity index (χ1v) is 8.78. The fraction of sp³-hybridized carbons (Fsp3) is 0.250. The zero-order chi connectivity index (χ0) is 18.8. The first-order valence-electron chi connectivity index (χ1n) is 8.78. The Morgan fingerprint density at radius 2 is 2.00 bits per heavy atom. The second-order valence-corrected chi connectivity index (χ2v) is 6.33. The summed E-state index contributed by atoms with van der Waals surface area (Å²) in [4.78, 5) is 33.6. The zero-order valence-corrected chi connectivity index (χ0v) is 14.8. The molecule has 1 aliphatic rings. The Hall–Kier alpha value is -3.35. The largest absolute Gasteiger partial charge is 0.479 e. The van der Waals surface area contributed by atoms with E-state index >= 15 is 0 Å². The molecule has 0 saturated heterocycles. The number of para-hydroxylation sites is 4. The Bertz CT molecular complexity index is 965. The van der Waals surface area contributed by atoms with Gasteiger partial charge in [-0.25, -0.2) is 4.98 Å². The van der Waals surface area contributed by atoms with Gasteiger partial charge in [-0.05, 0) is 31.2 Å². The van der Waals surface area contributed by atoms with E-state index in [1.165, 1.54) is 0 Å². The van der Waals surface area contributed by atoms with Gasteiger partial charge >= 0.3 is 5.97 Å². The zero-order valence-electron chi connectivity index (χ0n) is 14.8. The normalized spacial score (nSPS) is 16.1. The second kappa shape index (κ2) is 7.11. The van der Waals surface area contributed by atoms with Gasteiger partial charge < -0.3 is 19.4 Å². The lowest BCUT2D eigenvalue weighted by molar-refractivity contribution is -0.145. The summed E-state index contributed by atoms with van der Waals surface area (Å²) in [7, 11) is 0. The van der Waals surface area contributed by atoms with Gasteiger partial charge in [0.15, 0.2) is 6.10 Å². The number of anilines is 1. The Morgan fingerprint density at radius 3 is 2.85 bits per heavy atom. The summed E-state index contributed by atoms with van der Waals surface area (Å²) in [5.74, 6) is 0.671. The minimum absolute atomic E-state index is 0.0670. The first kappa shape index (κ1) is 17.1. The molecule has 27 heavy (non-hydrogen) atoms. The lowest BCUT2D eigenvalue weighted by Crippen LogP contribution is -2.45. The number of H-pyrrole nitrogens is 1. The van der Waals surface area contributed by atoms with Gasteiger partial charge in [-0.1, -0.05) is 24.3 Å². The van der Waals surface area contributed by atoms with Gasteiger partial charge in [-0.2, -0.15) is 0 Å². The van der Waals surface area contributed by atoms with Crippen molar-refractivity contribution < 1.29 is 19.1 Å². The van der Waals surface area contributed by atoms with Crippen LogP contribution in [-0.4, -0.2) is 34.5 Å². The van der Waals surface area contributed by atoms with Crippen LogP contribution in [0.4, 0.5) is 5.69 Å². The molecule has 2 aromatic carbocycles. The number of ether oxygens (including phenoxy) is 2. The molecular weight excluding hydrogens is 346 g/mol. The van der Waals surface area contributed by atoms with Crippen molar-refractivity contribution in [3.8, 4) is 5.75 Å². The molecule has 1 amide bonds. The van der Waals surface area contributed by atoms with E-state index in [1.54, 1.807) is 17.9 Å². The highest BCUT2D eigenvalue weighted by molar-refractivity contribution is 6.00. The number of amides is 1. The third-order valence-corrected chi connectivity index (χ3v) is 4.42. The van der Waals surface area contributed by atoms with Crippen molar-refractivity contribution in [1.82, 2.24) is 9.97 Å². The molecule has 7 heteroatoms. The maximum absolute atomic E-state index is 12.4. The van der Waals surface area contributed by atoms with Crippen LogP contribution in [-0.2, 0) is 20.9 Å². The van der Waals surface area contributed by atoms with E-state index in [1.807, 2.05) is 42.5 Å². The first-order chi connectivity index (χ1) is 13.1. The smallest absolute Gasteiger partial charge is 0.308 e. The number of nitrogens with one attached hydrogen (secondary N) is 1. The van der Waals surface area contributed by atoms with Crippen LogP contribution in [0.5, 0.6) is 5.75 Å². The second-order valence-electron chi connectivity index (χ2n) is 6.33. The highest BCUT2D eigenvalue weighted by Gasteiger charge is 2.31. The highest BCUT2D eigenvalue weighted by Crippen LogP contribution is 2.33. The lowest BCUT2D eigenvalue weighted by Gasteiger charge is -2.32. The molecule has 0 radical (unpaired) electrons. The van der Waals surface area contributed by atoms with E-state index in [2.05, 4.69) is 9.97 Å². The van der Waals surface area contributed by atoms with Crippen LogP contribution in [0.3, 0.4) is 0 Å². The Labute approximate surface area is 155 Å². The number of benzene rings is 2. The molecule has 0 aliphatic carbocycles. The maximum atomic E-state index is 12.4. The van der Waals surface area contributed by atoms with Crippen LogP contribution in [0.2, 0.25) is 0 Å². The Balaban J connectivity index is 1.37. The van der Waals surface area contributed by atoms with E-state index in [-0.39, 0.29) is 31.4 Å². The third-order valence-electron chi connectivity index (χ3n) is 4.42. The van der Waals surface area contributed by atoms with Crippen LogP contribution in [0.1, 0.15) is 19.2 Å². The van der Waals surface area contributed by atoms with Crippen LogP contribution >= 0.6 is 0 Å². The van der Waals surface area contributed by atoms with E-state index in [0.29, 0.717) is 17.3 Å². The van der Waals surface area contributed by atoms with Gasteiger partial charge in [-0.3, -0.25) is 9.59 Å². The van der Waals surface area contributed by atoms with Crippen molar-refractivity contribution in [1.29, 1.82) is 0 Å². The van der Waals surface area contributed by atoms with E-state index in [4.69, 9.17) is 9.47 Å². The molecule has 4 rings (SSSR count). The number of esters is 1. The monoisotopic (exact) mass is 365 g/mol. The SMILES string of the molecule is CC1Oc2ccccc2N(CCC(=O)OCc2nc3ccccc3[nH]2)C1=O. The number of fused-ring (bicyclic) bond motifs is 2. The molecule has 3 aromatic rings. The summed E-state index contributed by atoms with van der Waals surface area (Å²) in [5, 5.41) is 0. The number of carbonyl (C=O) groups excluding carboxylic acids is 2. The van der Waals surface area contributed by atoms with Crippen molar-refractivity contribution >= 4 is 28.6 Å². The van der Waals surface area contributed by atoms with Gasteiger partial charge in [0.05, 0.1) is 23.1 Å². The lowest BCUT2D eigenvalue weighted by atomic mass is 10.2. The Morgan fingerprint density at radius 1 is 1.22 bits per heavy atom. The fourth-order valence-electron chi connectivity index (χ4n) is 3.09. The molecule has 1 N–H and O–H groups in total. The molecule has 1 unspecified atom stereocenters. The minimum Gasteiger partial charge on any atom is -0.479 e. The molecule has 7 nitrogen and oxygen atoms in total. The van der Waals surface area contributed by atoms with Gasteiger partial charge in [0.2, 0.25) is 0 Å². The molecule has 0 saturated carbocycles. The molecule has 0 fully saturated rings. The van der Waals surface area contributed by atoms with Crippen LogP contribution in [0, 0.1) is 0 Å². The fourth-order valence-corrected chi connectivity index (χ4v) is 3.09. The predicted molar refractivity (Wildman–Crippen MR) is 99.4 cm³/mol. The average molecular weight is 365 g/mol. The van der Waals surface area contributed by atoms with Crippen molar-refractivity contribution in [2.45, 2.75) is 26.1 Å². The number of nitrogens with zero attached hydrogens (tertiary/aromatic N) is 2. The number of aromatic nitrogens is 2. The van der Waals surface area contributed by atoms with Crippen LogP contribution in [0.15, 0.2) is 48.5 Å². The van der Waals surface area contributed by atoms with Crippen molar-refractivity contribution in [3.63, 3.8) is 0 Å². The summed E-state index contributed by atoms with van der Waals surface area (Å²) < 4.78 is 10.9. The van der Waals surface area contributed by atoms with Crippen molar-refractivity contribution in [2.75, 3.05) is 11.4 Å². The van der Waals surface area contributed by atoms with Crippen molar-refractivity contribution in [2.24, 2.45) is 0 Å².